The van der Waals surface area contributed by atoms with Crippen molar-refractivity contribution < 1.29 is 19.1 Å². The van der Waals surface area contributed by atoms with Crippen LogP contribution in [-0.4, -0.2) is 36.0 Å². The van der Waals surface area contributed by atoms with Gasteiger partial charge in [0.1, 0.15) is 5.15 Å². The Balaban J connectivity index is 2.00. The molecule has 3 amide bonds. The van der Waals surface area contributed by atoms with Crippen LogP contribution in [0.5, 0.6) is 0 Å². The Bertz CT molecular complexity index is 779. The number of carbonyl (C=O) groups excluding carboxylic acids is 3. The third-order valence-electron chi connectivity index (χ3n) is 3.03. The molecule has 0 saturated heterocycles. The van der Waals surface area contributed by atoms with Gasteiger partial charge in [0, 0.05) is 11.9 Å². The van der Waals surface area contributed by atoms with Crippen molar-refractivity contribution in [3.8, 4) is 0 Å². The number of para-hydroxylation sites is 1. The Morgan fingerprint density at radius 1 is 1.25 bits per heavy atom. The van der Waals surface area contributed by atoms with Crippen LogP contribution in [0.4, 0.5) is 4.79 Å². The number of rotatable bonds is 5. The summed E-state index contributed by atoms with van der Waals surface area (Å²) in [5.41, 5.74) is 0.745. The van der Waals surface area contributed by atoms with Crippen molar-refractivity contribution in [2.75, 3.05) is 13.2 Å². The lowest BCUT2D eigenvalue weighted by molar-refractivity contribution is -0.123. The van der Waals surface area contributed by atoms with Crippen LogP contribution < -0.4 is 10.6 Å². The minimum Gasteiger partial charge on any atom is -0.452 e. The number of imide groups is 1. The van der Waals surface area contributed by atoms with Crippen LogP contribution in [0.2, 0.25) is 5.15 Å². The van der Waals surface area contributed by atoms with E-state index in [1.165, 1.54) is 6.07 Å². The molecule has 0 bridgehead atoms. The summed E-state index contributed by atoms with van der Waals surface area (Å²) in [6.45, 7) is 1.75. The van der Waals surface area contributed by atoms with Crippen LogP contribution in [-0.2, 0) is 9.53 Å². The molecule has 8 heteroatoms. The number of fused-ring (bicyclic) bond motifs is 1. The molecule has 0 aliphatic rings. The quantitative estimate of drug-likeness (QED) is 0.637. The highest BCUT2D eigenvalue weighted by Gasteiger charge is 2.16. The summed E-state index contributed by atoms with van der Waals surface area (Å²) in [6, 6.07) is 7.67. The highest BCUT2D eigenvalue weighted by atomic mass is 35.5. The van der Waals surface area contributed by atoms with E-state index in [9.17, 15) is 14.4 Å². The van der Waals surface area contributed by atoms with Crippen LogP contribution >= 0.6 is 11.6 Å². The lowest BCUT2D eigenvalue weighted by atomic mass is 10.1. The van der Waals surface area contributed by atoms with Gasteiger partial charge < -0.3 is 10.1 Å². The molecule has 2 N–H and O–H groups in total. The topological polar surface area (TPSA) is 97.4 Å². The number of urea groups is 1. The molecule has 24 heavy (non-hydrogen) atoms. The van der Waals surface area contributed by atoms with E-state index in [1.807, 2.05) is 6.92 Å². The predicted octanol–water partition coefficient (Wildman–Crippen LogP) is 2.28. The highest BCUT2D eigenvalue weighted by Crippen LogP contribution is 2.21. The summed E-state index contributed by atoms with van der Waals surface area (Å²) < 4.78 is 4.94. The Labute approximate surface area is 143 Å². The van der Waals surface area contributed by atoms with Crippen molar-refractivity contribution >= 4 is 40.4 Å². The standard InChI is InChI=1S/C16H16ClN3O4/c1-2-7-18-16(23)20-14(21)9-24-15(22)11-8-13(17)19-12-6-4-3-5-10(11)12/h3-6,8H,2,7,9H2,1H3,(H2,18,20,21,23). The van der Waals surface area contributed by atoms with Crippen molar-refractivity contribution in [2.24, 2.45) is 0 Å². The fourth-order valence-corrected chi connectivity index (χ4v) is 2.17. The third kappa shape index (κ3) is 4.66. The van der Waals surface area contributed by atoms with Gasteiger partial charge in [0.25, 0.3) is 5.91 Å². The number of aromatic nitrogens is 1. The molecular weight excluding hydrogens is 334 g/mol. The van der Waals surface area contributed by atoms with Gasteiger partial charge in [0.05, 0.1) is 11.1 Å². The molecular formula is C16H16ClN3O4. The van der Waals surface area contributed by atoms with E-state index in [-0.39, 0.29) is 10.7 Å². The Morgan fingerprint density at radius 3 is 2.75 bits per heavy atom. The van der Waals surface area contributed by atoms with Crippen molar-refractivity contribution in [1.29, 1.82) is 0 Å². The number of nitrogens with zero attached hydrogens (tertiary/aromatic N) is 1. The van der Waals surface area contributed by atoms with Crippen molar-refractivity contribution in [2.45, 2.75) is 13.3 Å². The number of carbonyl (C=O) groups is 3. The normalized spacial score (nSPS) is 10.2. The Morgan fingerprint density at radius 2 is 2.00 bits per heavy atom. The smallest absolute Gasteiger partial charge is 0.339 e. The monoisotopic (exact) mass is 349 g/mol. The molecule has 7 nitrogen and oxygen atoms in total. The van der Waals surface area contributed by atoms with Crippen LogP contribution in [0, 0.1) is 0 Å². The fourth-order valence-electron chi connectivity index (χ4n) is 1.97. The lowest BCUT2D eigenvalue weighted by Gasteiger charge is -2.08. The van der Waals surface area contributed by atoms with Gasteiger partial charge in [0.15, 0.2) is 6.61 Å². The van der Waals surface area contributed by atoms with Crippen LogP contribution in [0.3, 0.4) is 0 Å². The molecule has 2 rings (SSSR count). The predicted molar refractivity (Wildman–Crippen MR) is 88.9 cm³/mol. The van der Waals surface area contributed by atoms with Gasteiger partial charge in [-0.25, -0.2) is 14.6 Å². The zero-order valence-corrected chi connectivity index (χ0v) is 13.7. The average molecular weight is 350 g/mol. The first-order valence-electron chi connectivity index (χ1n) is 7.31. The molecule has 1 heterocycles. The minimum absolute atomic E-state index is 0.143. The maximum absolute atomic E-state index is 12.2. The van der Waals surface area contributed by atoms with Crippen LogP contribution in [0.15, 0.2) is 30.3 Å². The third-order valence-corrected chi connectivity index (χ3v) is 3.22. The van der Waals surface area contributed by atoms with Gasteiger partial charge in [0.2, 0.25) is 0 Å². The zero-order chi connectivity index (χ0) is 17.5. The fraction of sp³-hybridized carbons (Fsp3) is 0.250. The number of esters is 1. The molecule has 0 fully saturated rings. The molecule has 2 aromatic rings. The van der Waals surface area contributed by atoms with Gasteiger partial charge >= 0.3 is 12.0 Å². The summed E-state index contributed by atoms with van der Waals surface area (Å²) >= 11 is 5.90. The largest absolute Gasteiger partial charge is 0.452 e. The molecule has 126 valence electrons. The first-order chi connectivity index (χ1) is 11.5. The van der Waals surface area contributed by atoms with Gasteiger partial charge in [-0.1, -0.05) is 36.7 Å². The minimum atomic E-state index is -0.723. The summed E-state index contributed by atoms with van der Waals surface area (Å²) in [7, 11) is 0. The van der Waals surface area contributed by atoms with Gasteiger partial charge in [-0.3, -0.25) is 10.1 Å². The number of nitrogens with one attached hydrogen (secondary N) is 2. The highest BCUT2D eigenvalue weighted by molar-refractivity contribution is 6.30. The van der Waals surface area contributed by atoms with Gasteiger partial charge in [-0.05, 0) is 18.6 Å². The Kier molecular flexibility index (Phi) is 6.08. The second-order valence-corrected chi connectivity index (χ2v) is 5.28. The van der Waals surface area contributed by atoms with Crippen molar-refractivity contribution in [1.82, 2.24) is 15.6 Å². The second kappa shape index (κ2) is 8.26. The molecule has 0 spiro atoms. The van der Waals surface area contributed by atoms with E-state index in [2.05, 4.69) is 15.6 Å². The number of pyridine rings is 1. The summed E-state index contributed by atoms with van der Waals surface area (Å²) in [4.78, 5) is 39.2. The van der Waals surface area contributed by atoms with Crippen LogP contribution in [0.1, 0.15) is 23.7 Å². The molecule has 1 aromatic heterocycles. The van der Waals surface area contributed by atoms with Crippen LogP contribution in [0.25, 0.3) is 10.9 Å². The van der Waals surface area contributed by atoms with E-state index in [1.54, 1.807) is 24.3 Å². The number of amides is 3. The maximum atomic E-state index is 12.2. The average Bonchev–Trinajstić information content (AvgIpc) is 2.57. The number of ether oxygens (including phenoxy) is 1. The maximum Gasteiger partial charge on any atom is 0.339 e. The molecule has 0 radical (unpaired) electrons. The lowest BCUT2D eigenvalue weighted by Crippen LogP contribution is -2.41. The first kappa shape index (κ1) is 17.7. The van der Waals surface area contributed by atoms with E-state index < -0.39 is 24.5 Å². The van der Waals surface area contributed by atoms with Crippen molar-refractivity contribution in [3.05, 3.63) is 41.0 Å². The molecule has 0 aliphatic carbocycles. The molecule has 0 atom stereocenters. The number of hydrogen-bond donors (Lipinski definition) is 2. The summed E-state index contributed by atoms with van der Waals surface area (Å²) in [6.07, 6.45) is 0.743. The molecule has 0 aliphatic heterocycles. The SMILES string of the molecule is CCCNC(=O)NC(=O)COC(=O)c1cc(Cl)nc2ccccc12. The summed E-state index contributed by atoms with van der Waals surface area (Å²) in [5, 5.41) is 5.25. The summed E-state index contributed by atoms with van der Waals surface area (Å²) in [5.74, 6) is -1.44. The van der Waals surface area contributed by atoms with Crippen molar-refractivity contribution in [3.63, 3.8) is 0 Å². The molecule has 0 saturated carbocycles. The van der Waals surface area contributed by atoms with Gasteiger partial charge in [-0.15, -0.1) is 0 Å². The molecule has 0 unspecified atom stereocenters. The number of hydrogen-bond acceptors (Lipinski definition) is 5. The first-order valence-corrected chi connectivity index (χ1v) is 7.69. The number of benzene rings is 1. The van der Waals surface area contributed by atoms with E-state index >= 15 is 0 Å². The number of halogens is 1. The van der Waals surface area contributed by atoms with E-state index in [4.69, 9.17) is 16.3 Å². The zero-order valence-electron chi connectivity index (χ0n) is 13.0. The Hall–Kier alpha value is -2.67. The van der Waals surface area contributed by atoms with E-state index in [0.29, 0.717) is 17.4 Å². The second-order valence-electron chi connectivity index (χ2n) is 4.89. The van der Waals surface area contributed by atoms with Gasteiger partial charge in [-0.2, -0.15) is 0 Å². The van der Waals surface area contributed by atoms with E-state index in [0.717, 1.165) is 6.42 Å². The molecule has 1 aromatic carbocycles.